The fourth-order valence-corrected chi connectivity index (χ4v) is 2.26. The van der Waals surface area contributed by atoms with E-state index in [2.05, 4.69) is 15.6 Å². The van der Waals surface area contributed by atoms with Crippen molar-refractivity contribution in [2.75, 3.05) is 6.61 Å². The molecule has 2 heterocycles. The molecule has 1 aromatic carbocycles. The van der Waals surface area contributed by atoms with Crippen molar-refractivity contribution in [3.63, 3.8) is 0 Å². The van der Waals surface area contributed by atoms with Crippen molar-refractivity contribution in [2.45, 2.75) is 6.92 Å². The number of ether oxygens (including phenoxy) is 1. The molecule has 3 aromatic rings. The van der Waals surface area contributed by atoms with Gasteiger partial charge in [0.05, 0.1) is 24.6 Å². The van der Waals surface area contributed by atoms with Crippen LogP contribution in [0.5, 0.6) is 0 Å². The molecule has 0 unspecified atom stereocenters. The number of para-hydroxylation sites is 1. The summed E-state index contributed by atoms with van der Waals surface area (Å²) in [5.74, 6) is -0.194. The molecule has 1 N–H and O–H groups in total. The van der Waals surface area contributed by atoms with Gasteiger partial charge < -0.3 is 9.15 Å². The van der Waals surface area contributed by atoms with E-state index >= 15 is 0 Å². The van der Waals surface area contributed by atoms with Gasteiger partial charge in [-0.1, -0.05) is 18.2 Å². The number of nitrogens with zero attached hydrogens (tertiary/aromatic N) is 4. The molecule has 2 aromatic heterocycles. The van der Waals surface area contributed by atoms with Crippen LogP contribution in [0, 0.1) is 10.1 Å². The van der Waals surface area contributed by atoms with Crippen LogP contribution in [0.4, 0.5) is 10.7 Å². The number of aromatic nitrogens is 2. The lowest BCUT2D eigenvalue weighted by molar-refractivity contribution is -0.401. The minimum atomic E-state index is -0.695. The van der Waals surface area contributed by atoms with Gasteiger partial charge in [-0.05, 0) is 25.1 Å². The van der Waals surface area contributed by atoms with Crippen molar-refractivity contribution in [3.05, 3.63) is 64.3 Å². The standard InChI is InChI=1S/C17H15N5O5/c1-2-26-17(23)19-18-10-12-11-21(13-6-4-3-5-7-13)20-16(12)14-8-9-15(27-14)22(24)25/h3-11H,2H2,1H3,(H,19,23). The average molecular weight is 369 g/mol. The first kappa shape index (κ1) is 17.9. The number of furan rings is 1. The van der Waals surface area contributed by atoms with Crippen LogP contribution in [0.25, 0.3) is 17.1 Å². The zero-order chi connectivity index (χ0) is 19.2. The first-order chi connectivity index (χ1) is 13.1. The fraction of sp³-hybridized carbons (Fsp3) is 0.118. The molecule has 0 bridgehead atoms. The summed E-state index contributed by atoms with van der Waals surface area (Å²) >= 11 is 0. The number of rotatable bonds is 6. The van der Waals surface area contributed by atoms with Gasteiger partial charge in [-0.3, -0.25) is 10.1 Å². The Morgan fingerprint density at radius 1 is 1.37 bits per heavy atom. The monoisotopic (exact) mass is 369 g/mol. The van der Waals surface area contributed by atoms with Crippen molar-refractivity contribution in [3.8, 4) is 17.1 Å². The molecule has 27 heavy (non-hydrogen) atoms. The normalized spacial score (nSPS) is 10.9. The fourth-order valence-electron chi connectivity index (χ4n) is 2.26. The molecule has 1 amide bonds. The van der Waals surface area contributed by atoms with Crippen molar-refractivity contribution >= 4 is 18.2 Å². The summed E-state index contributed by atoms with van der Waals surface area (Å²) in [6.45, 7) is 1.89. The quantitative estimate of drug-likeness (QED) is 0.404. The smallest absolute Gasteiger partial charge is 0.433 e. The van der Waals surface area contributed by atoms with E-state index < -0.39 is 16.9 Å². The second-order valence-corrected chi connectivity index (χ2v) is 5.20. The predicted octanol–water partition coefficient (Wildman–Crippen LogP) is 3.12. The molecular formula is C17H15N5O5. The third-order valence-corrected chi connectivity index (χ3v) is 3.40. The maximum absolute atomic E-state index is 11.3. The number of nitrogens with one attached hydrogen (secondary N) is 1. The summed E-state index contributed by atoms with van der Waals surface area (Å²) < 4.78 is 11.5. The van der Waals surface area contributed by atoms with E-state index in [1.807, 2.05) is 30.3 Å². The van der Waals surface area contributed by atoms with Crippen LogP contribution in [0.15, 0.2) is 58.2 Å². The van der Waals surface area contributed by atoms with E-state index in [0.717, 1.165) is 5.69 Å². The third kappa shape index (κ3) is 4.18. The summed E-state index contributed by atoms with van der Waals surface area (Å²) in [7, 11) is 0. The Balaban J connectivity index is 1.96. The van der Waals surface area contributed by atoms with Crippen molar-refractivity contribution in [2.24, 2.45) is 5.10 Å². The van der Waals surface area contributed by atoms with Crippen LogP contribution in [0.1, 0.15) is 12.5 Å². The van der Waals surface area contributed by atoms with E-state index in [0.29, 0.717) is 11.3 Å². The molecule has 0 spiro atoms. The van der Waals surface area contributed by atoms with Crippen LogP contribution in [-0.2, 0) is 4.74 Å². The second-order valence-electron chi connectivity index (χ2n) is 5.20. The summed E-state index contributed by atoms with van der Waals surface area (Å²) in [6, 6.07) is 12.0. The number of amides is 1. The Labute approximate surface area is 153 Å². The minimum Gasteiger partial charge on any atom is -0.449 e. The zero-order valence-corrected chi connectivity index (χ0v) is 14.2. The summed E-state index contributed by atoms with van der Waals surface area (Å²) in [5, 5.41) is 19.1. The zero-order valence-electron chi connectivity index (χ0n) is 14.2. The molecule has 10 heteroatoms. The molecule has 0 aliphatic heterocycles. The maximum Gasteiger partial charge on any atom is 0.433 e. The predicted molar refractivity (Wildman–Crippen MR) is 95.7 cm³/mol. The highest BCUT2D eigenvalue weighted by Crippen LogP contribution is 2.27. The highest BCUT2D eigenvalue weighted by molar-refractivity contribution is 5.88. The molecule has 0 aliphatic carbocycles. The van der Waals surface area contributed by atoms with E-state index in [9.17, 15) is 14.9 Å². The van der Waals surface area contributed by atoms with Crippen LogP contribution in [-0.4, -0.2) is 33.6 Å². The Kier molecular flexibility index (Phi) is 5.26. The first-order valence-electron chi connectivity index (χ1n) is 7.94. The molecule has 138 valence electrons. The summed E-state index contributed by atoms with van der Waals surface area (Å²) in [6.07, 6.45) is 2.32. The van der Waals surface area contributed by atoms with Gasteiger partial charge in [-0.15, -0.1) is 0 Å². The summed E-state index contributed by atoms with van der Waals surface area (Å²) in [4.78, 5) is 21.6. The molecule has 0 saturated heterocycles. The number of carbonyl (C=O) groups excluding carboxylic acids is 1. The van der Waals surface area contributed by atoms with E-state index in [1.54, 1.807) is 17.8 Å². The maximum atomic E-state index is 11.3. The van der Waals surface area contributed by atoms with Gasteiger partial charge >= 0.3 is 12.0 Å². The Morgan fingerprint density at radius 3 is 2.81 bits per heavy atom. The van der Waals surface area contributed by atoms with Gasteiger partial charge in [-0.2, -0.15) is 10.2 Å². The third-order valence-electron chi connectivity index (χ3n) is 3.40. The average Bonchev–Trinajstić information content (AvgIpc) is 3.30. The lowest BCUT2D eigenvalue weighted by Crippen LogP contribution is -2.18. The van der Waals surface area contributed by atoms with Crippen molar-refractivity contribution in [1.82, 2.24) is 15.2 Å². The van der Waals surface area contributed by atoms with Crippen LogP contribution < -0.4 is 5.43 Å². The van der Waals surface area contributed by atoms with Crippen LogP contribution in [0.3, 0.4) is 0 Å². The van der Waals surface area contributed by atoms with E-state index in [4.69, 9.17) is 9.15 Å². The molecule has 0 atom stereocenters. The van der Waals surface area contributed by atoms with Gasteiger partial charge in [0.1, 0.15) is 10.6 Å². The Morgan fingerprint density at radius 2 is 2.15 bits per heavy atom. The highest BCUT2D eigenvalue weighted by Gasteiger charge is 2.18. The van der Waals surface area contributed by atoms with Gasteiger partial charge in [0.25, 0.3) is 0 Å². The van der Waals surface area contributed by atoms with Crippen molar-refractivity contribution in [1.29, 1.82) is 0 Å². The van der Waals surface area contributed by atoms with Gasteiger partial charge in [0, 0.05) is 11.8 Å². The largest absolute Gasteiger partial charge is 0.449 e. The number of hydrogen-bond donors (Lipinski definition) is 1. The first-order valence-corrected chi connectivity index (χ1v) is 7.94. The van der Waals surface area contributed by atoms with Gasteiger partial charge in [0.2, 0.25) is 0 Å². The molecular weight excluding hydrogens is 354 g/mol. The Bertz CT molecular complexity index is 977. The van der Waals surface area contributed by atoms with E-state index in [-0.39, 0.29) is 12.4 Å². The topological polar surface area (TPSA) is 125 Å². The van der Waals surface area contributed by atoms with E-state index in [1.165, 1.54) is 18.3 Å². The lowest BCUT2D eigenvalue weighted by Gasteiger charge is -1.98. The number of benzene rings is 1. The lowest BCUT2D eigenvalue weighted by atomic mass is 10.2. The Hall–Kier alpha value is -3.95. The summed E-state index contributed by atoms with van der Waals surface area (Å²) in [5.41, 5.74) is 3.81. The van der Waals surface area contributed by atoms with Crippen LogP contribution >= 0.6 is 0 Å². The molecule has 0 fully saturated rings. The number of hydrazone groups is 1. The second kappa shape index (κ2) is 7.95. The van der Waals surface area contributed by atoms with Crippen LogP contribution in [0.2, 0.25) is 0 Å². The SMILES string of the molecule is CCOC(=O)NN=Cc1cn(-c2ccccc2)nc1-c1ccc([N+](=O)[O-])o1. The molecule has 10 nitrogen and oxygen atoms in total. The molecule has 0 saturated carbocycles. The van der Waals surface area contributed by atoms with Crippen molar-refractivity contribution < 1.29 is 18.9 Å². The van der Waals surface area contributed by atoms with Gasteiger partial charge in [-0.25, -0.2) is 14.9 Å². The molecule has 3 rings (SSSR count). The number of hydrogen-bond acceptors (Lipinski definition) is 7. The molecule has 0 radical (unpaired) electrons. The number of nitro groups is 1. The number of carbonyl (C=O) groups is 1. The van der Waals surface area contributed by atoms with Gasteiger partial charge in [0.15, 0.2) is 5.76 Å². The minimum absolute atomic E-state index is 0.203. The molecule has 0 aliphatic rings. The highest BCUT2D eigenvalue weighted by atomic mass is 16.6.